The standard InChI is InChI=1S/C4H6NO4S/c1-5(3(6)7)9-4(8)10-2/h1-2H3. The second-order valence-corrected chi connectivity index (χ2v) is 2.05. The van der Waals surface area contributed by atoms with Gasteiger partial charge < -0.3 is 4.84 Å². The summed E-state index contributed by atoms with van der Waals surface area (Å²) in [6, 6.07) is 0. The molecule has 0 unspecified atom stereocenters. The van der Waals surface area contributed by atoms with E-state index in [0.29, 0.717) is 5.06 Å². The average Bonchev–Trinajstić information content (AvgIpc) is 1.87. The molecule has 0 heterocycles. The molecule has 0 aliphatic rings. The molecule has 0 saturated heterocycles. The van der Waals surface area contributed by atoms with Crippen molar-refractivity contribution in [3.8, 4) is 0 Å². The number of rotatable bonds is 0. The third-order valence-electron chi connectivity index (χ3n) is 0.635. The predicted molar refractivity (Wildman–Crippen MR) is 33.8 cm³/mol. The SMILES string of the molecule is CSC(=O)ON(C)C([O])=O. The van der Waals surface area contributed by atoms with Crippen molar-refractivity contribution in [1.29, 1.82) is 0 Å². The molecule has 0 atom stereocenters. The zero-order chi connectivity index (χ0) is 8.15. The second kappa shape index (κ2) is 3.99. The van der Waals surface area contributed by atoms with Gasteiger partial charge >= 0.3 is 11.4 Å². The van der Waals surface area contributed by atoms with Crippen molar-refractivity contribution in [1.82, 2.24) is 5.06 Å². The number of carbonyl (C=O) groups excluding carboxylic acids is 2. The molecule has 0 aromatic rings. The lowest BCUT2D eigenvalue weighted by atomic mass is 11.1. The molecule has 0 saturated carbocycles. The van der Waals surface area contributed by atoms with Gasteiger partial charge in [-0.05, 0) is 18.0 Å². The van der Waals surface area contributed by atoms with Crippen LogP contribution in [0.1, 0.15) is 0 Å². The normalized spacial score (nSPS) is 8.60. The lowest BCUT2D eigenvalue weighted by Crippen LogP contribution is -2.25. The fourth-order valence-electron chi connectivity index (χ4n) is 0.186. The van der Waals surface area contributed by atoms with E-state index in [-0.39, 0.29) is 0 Å². The summed E-state index contributed by atoms with van der Waals surface area (Å²) in [5, 5.41) is 9.52. The fraction of sp³-hybridized carbons (Fsp3) is 0.500. The number of amides is 1. The Morgan fingerprint density at radius 1 is 1.50 bits per heavy atom. The Kier molecular flexibility index (Phi) is 3.63. The number of hydrogen-bond donors (Lipinski definition) is 0. The summed E-state index contributed by atoms with van der Waals surface area (Å²) in [5.74, 6) is 0. The molecule has 5 nitrogen and oxygen atoms in total. The largest absolute Gasteiger partial charge is 0.485 e. The van der Waals surface area contributed by atoms with E-state index in [0.717, 1.165) is 18.8 Å². The van der Waals surface area contributed by atoms with Crippen LogP contribution in [0.25, 0.3) is 0 Å². The Morgan fingerprint density at radius 3 is 2.30 bits per heavy atom. The maximum atomic E-state index is 10.3. The van der Waals surface area contributed by atoms with Crippen LogP contribution in [0, 0.1) is 0 Å². The van der Waals surface area contributed by atoms with E-state index in [4.69, 9.17) is 0 Å². The van der Waals surface area contributed by atoms with Crippen molar-refractivity contribution < 1.29 is 19.5 Å². The van der Waals surface area contributed by atoms with Gasteiger partial charge in [-0.1, -0.05) is 0 Å². The van der Waals surface area contributed by atoms with Gasteiger partial charge in [0.2, 0.25) is 0 Å². The van der Waals surface area contributed by atoms with E-state index >= 15 is 0 Å². The smallest absolute Gasteiger partial charge is 0.324 e. The molecule has 0 rings (SSSR count). The molecular weight excluding hydrogens is 158 g/mol. The van der Waals surface area contributed by atoms with Crippen molar-refractivity contribution in [3.63, 3.8) is 0 Å². The molecule has 6 heteroatoms. The van der Waals surface area contributed by atoms with Crippen LogP contribution in [-0.4, -0.2) is 29.8 Å². The highest BCUT2D eigenvalue weighted by molar-refractivity contribution is 8.12. The summed E-state index contributed by atoms with van der Waals surface area (Å²) < 4.78 is 0. The minimum absolute atomic E-state index is 0.332. The maximum Gasteiger partial charge on any atom is 0.485 e. The average molecular weight is 164 g/mol. The highest BCUT2D eigenvalue weighted by atomic mass is 32.2. The first-order valence-corrected chi connectivity index (χ1v) is 3.51. The van der Waals surface area contributed by atoms with Gasteiger partial charge in [-0.25, -0.2) is 14.7 Å². The highest BCUT2D eigenvalue weighted by Crippen LogP contribution is 2.00. The molecule has 0 aliphatic heterocycles. The molecule has 0 spiro atoms. The Morgan fingerprint density at radius 2 is 2.00 bits per heavy atom. The first kappa shape index (κ1) is 9.09. The summed E-state index contributed by atoms with van der Waals surface area (Å²) in [4.78, 5) is 24.4. The van der Waals surface area contributed by atoms with E-state index < -0.39 is 11.4 Å². The monoisotopic (exact) mass is 164 g/mol. The maximum absolute atomic E-state index is 10.3. The van der Waals surface area contributed by atoms with Crippen LogP contribution < -0.4 is 0 Å². The minimum atomic E-state index is -1.55. The van der Waals surface area contributed by atoms with Crippen LogP contribution in [0.3, 0.4) is 0 Å². The van der Waals surface area contributed by atoms with Crippen LogP contribution in [0.5, 0.6) is 0 Å². The van der Waals surface area contributed by atoms with E-state index in [1.807, 2.05) is 0 Å². The molecule has 57 valence electrons. The quantitative estimate of drug-likeness (QED) is 0.498. The number of hydrogen-bond acceptors (Lipinski definition) is 4. The van der Waals surface area contributed by atoms with E-state index in [1.54, 1.807) is 0 Å². The Labute approximate surface area is 61.9 Å². The predicted octanol–water partition coefficient (Wildman–Crippen LogP) is 0.883. The number of hydroxylamine groups is 2. The van der Waals surface area contributed by atoms with E-state index in [2.05, 4.69) is 4.84 Å². The van der Waals surface area contributed by atoms with Crippen LogP contribution in [-0.2, 0) is 9.94 Å². The lowest BCUT2D eigenvalue weighted by Gasteiger charge is -2.08. The van der Waals surface area contributed by atoms with E-state index in [1.165, 1.54) is 6.26 Å². The van der Waals surface area contributed by atoms with E-state index in [9.17, 15) is 14.7 Å². The molecular formula is C4H6NO4S. The van der Waals surface area contributed by atoms with Gasteiger partial charge in [0.25, 0.3) is 0 Å². The van der Waals surface area contributed by atoms with Crippen LogP contribution >= 0.6 is 11.8 Å². The molecule has 1 radical (unpaired) electrons. The van der Waals surface area contributed by atoms with Crippen molar-refractivity contribution in [2.75, 3.05) is 13.3 Å². The summed E-state index contributed by atoms with van der Waals surface area (Å²) in [6.07, 6.45) is -0.0757. The van der Waals surface area contributed by atoms with Crippen molar-refractivity contribution >= 4 is 23.2 Å². The molecule has 0 aliphatic carbocycles. The van der Waals surface area contributed by atoms with Gasteiger partial charge in [0, 0.05) is 0 Å². The topological polar surface area (TPSA) is 66.5 Å². The minimum Gasteiger partial charge on any atom is -0.324 e. The number of carbonyl (C=O) groups is 2. The molecule has 10 heavy (non-hydrogen) atoms. The molecule has 0 bridgehead atoms. The summed E-state index contributed by atoms with van der Waals surface area (Å²) in [7, 11) is 1.07. The Bertz CT molecular complexity index is 148. The first-order valence-electron chi connectivity index (χ1n) is 2.28. The molecule has 0 aromatic carbocycles. The van der Waals surface area contributed by atoms with Gasteiger partial charge in [0.15, 0.2) is 0 Å². The van der Waals surface area contributed by atoms with Crippen LogP contribution in [0.15, 0.2) is 0 Å². The summed E-state index contributed by atoms with van der Waals surface area (Å²) in [5.41, 5.74) is 0. The molecule has 0 fully saturated rings. The Balaban J connectivity index is 3.68. The Hall–Kier alpha value is -0.910. The third kappa shape index (κ3) is 3.18. The van der Waals surface area contributed by atoms with Gasteiger partial charge in [-0.3, -0.25) is 0 Å². The molecule has 0 aromatic heterocycles. The van der Waals surface area contributed by atoms with Crippen molar-refractivity contribution in [2.24, 2.45) is 0 Å². The van der Waals surface area contributed by atoms with Gasteiger partial charge in [0.1, 0.15) is 0 Å². The molecule has 0 N–H and O–H groups in total. The highest BCUT2D eigenvalue weighted by Gasteiger charge is 2.12. The number of thioether (sulfide) groups is 1. The summed E-state index contributed by atoms with van der Waals surface area (Å²) in [6.45, 7) is 0. The van der Waals surface area contributed by atoms with Gasteiger partial charge in [-0.2, -0.15) is 0 Å². The molecule has 1 amide bonds. The third-order valence-corrected chi connectivity index (χ3v) is 1.04. The van der Waals surface area contributed by atoms with Crippen LogP contribution in [0.4, 0.5) is 9.59 Å². The second-order valence-electron chi connectivity index (χ2n) is 1.31. The van der Waals surface area contributed by atoms with Gasteiger partial charge in [-0.15, -0.1) is 5.06 Å². The van der Waals surface area contributed by atoms with Crippen molar-refractivity contribution in [2.45, 2.75) is 0 Å². The first-order chi connectivity index (χ1) is 4.57. The van der Waals surface area contributed by atoms with Gasteiger partial charge in [0.05, 0.1) is 7.05 Å². The zero-order valence-electron chi connectivity index (χ0n) is 5.49. The zero-order valence-corrected chi connectivity index (χ0v) is 6.30. The van der Waals surface area contributed by atoms with Crippen LogP contribution in [0.2, 0.25) is 0 Å². The fourth-order valence-corrected chi connectivity index (χ4v) is 0.373. The summed E-state index contributed by atoms with van der Waals surface area (Å²) >= 11 is 0.777. The lowest BCUT2D eigenvalue weighted by molar-refractivity contribution is -0.0514. The number of nitrogens with zero attached hydrogens (tertiary/aromatic N) is 1. The van der Waals surface area contributed by atoms with Crippen molar-refractivity contribution in [3.05, 3.63) is 0 Å².